The van der Waals surface area contributed by atoms with Crippen LogP contribution in [0.5, 0.6) is 11.5 Å². The fraction of sp³-hybridized carbons (Fsp3) is 0.455. The van der Waals surface area contributed by atoms with E-state index in [9.17, 15) is 27.1 Å². The SMILES string of the molecule is COc1cccc(CNC[C@@H](O)[C@H](COc2cc(F)cc(F)c2)NC(=O)c2cc(NC[C@H]3C[C@@H]3C)nc(N(C)S(=O)(=O)C(C)C)c2)c1. The van der Waals surface area contributed by atoms with E-state index in [0.29, 0.717) is 42.6 Å². The molecule has 0 unspecified atom stereocenters. The molecule has 0 radical (unpaired) electrons. The Labute approximate surface area is 274 Å². The van der Waals surface area contributed by atoms with Crippen LogP contribution in [0.4, 0.5) is 20.4 Å². The number of anilines is 2. The molecule has 14 heteroatoms. The average Bonchev–Trinajstić information content (AvgIpc) is 3.75. The highest BCUT2D eigenvalue weighted by molar-refractivity contribution is 7.93. The Balaban J connectivity index is 1.55. The predicted molar refractivity (Wildman–Crippen MR) is 176 cm³/mol. The third-order valence-electron chi connectivity index (χ3n) is 8.06. The number of hydrogen-bond acceptors (Lipinski definition) is 9. The Morgan fingerprint density at radius 3 is 2.45 bits per heavy atom. The smallest absolute Gasteiger partial charge is 0.251 e. The summed E-state index contributed by atoms with van der Waals surface area (Å²) in [4.78, 5) is 18.2. The summed E-state index contributed by atoms with van der Waals surface area (Å²) in [5, 5.41) is 19.5. The molecule has 0 aliphatic heterocycles. The highest BCUT2D eigenvalue weighted by Gasteiger charge is 2.32. The molecule has 0 bridgehead atoms. The zero-order chi connectivity index (χ0) is 34.3. The van der Waals surface area contributed by atoms with Gasteiger partial charge >= 0.3 is 0 Å². The molecule has 256 valence electrons. The number of aromatic nitrogens is 1. The van der Waals surface area contributed by atoms with Gasteiger partial charge in [0.15, 0.2) is 0 Å². The van der Waals surface area contributed by atoms with Gasteiger partial charge < -0.3 is 30.5 Å². The summed E-state index contributed by atoms with van der Waals surface area (Å²) in [6, 6.07) is 11.9. The molecule has 1 heterocycles. The number of methoxy groups -OCH3 is 1. The molecule has 47 heavy (non-hydrogen) atoms. The fourth-order valence-corrected chi connectivity index (χ4v) is 5.84. The second kappa shape index (κ2) is 15.7. The van der Waals surface area contributed by atoms with Gasteiger partial charge in [0.25, 0.3) is 5.91 Å². The Bertz CT molecular complexity index is 1620. The molecule has 1 aromatic heterocycles. The maximum Gasteiger partial charge on any atom is 0.251 e. The lowest BCUT2D eigenvalue weighted by molar-refractivity contribution is 0.0732. The minimum absolute atomic E-state index is 0.0202. The first-order valence-corrected chi connectivity index (χ1v) is 16.9. The quantitative estimate of drug-likeness (QED) is 0.167. The number of nitrogens with one attached hydrogen (secondary N) is 3. The van der Waals surface area contributed by atoms with E-state index in [1.165, 1.54) is 19.2 Å². The van der Waals surface area contributed by atoms with E-state index in [4.69, 9.17) is 9.47 Å². The maximum atomic E-state index is 13.8. The van der Waals surface area contributed by atoms with Crippen molar-refractivity contribution in [1.82, 2.24) is 15.6 Å². The van der Waals surface area contributed by atoms with Crippen LogP contribution in [0.15, 0.2) is 54.6 Å². The summed E-state index contributed by atoms with van der Waals surface area (Å²) >= 11 is 0. The van der Waals surface area contributed by atoms with Crippen LogP contribution in [0.25, 0.3) is 0 Å². The van der Waals surface area contributed by atoms with Crippen molar-refractivity contribution in [3.05, 3.63) is 77.4 Å². The van der Waals surface area contributed by atoms with Gasteiger partial charge in [0.05, 0.1) is 24.5 Å². The Morgan fingerprint density at radius 1 is 1.11 bits per heavy atom. The van der Waals surface area contributed by atoms with E-state index >= 15 is 0 Å². The molecule has 0 spiro atoms. The van der Waals surface area contributed by atoms with Crippen molar-refractivity contribution in [2.75, 3.05) is 43.5 Å². The second-order valence-corrected chi connectivity index (χ2v) is 14.6. The zero-order valence-corrected chi connectivity index (χ0v) is 28.0. The van der Waals surface area contributed by atoms with Gasteiger partial charge in [-0.3, -0.25) is 9.10 Å². The molecular formula is C33H43F2N5O6S. The van der Waals surface area contributed by atoms with Crippen molar-refractivity contribution in [2.24, 2.45) is 11.8 Å². The molecule has 3 aromatic rings. The van der Waals surface area contributed by atoms with Gasteiger partial charge in [0.2, 0.25) is 10.0 Å². The number of nitrogens with zero attached hydrogens (tertiary/aromatic N) is 2. The van der Waals surface area contributed by atoms with E-state index in [-0.39, 0.29) is 30.3 Å². The van der Waals surface area contributed by atoms with E-state index in [1.807, 2.05) is 24.3 Å². The van der Waals surface area contributed by atoms with E-state index in [1.54, 1.807) is 21.0 Å². The molecule has 1 saturated carbocycles. The van der Waals surface area contributed by atoms with Crippen LogP contribution in [0.3, 0.4) is 0 Å². The van der Waals surface area contributed by atoms with Crippen LogP contribution in [0, 0.1) is 23.5 Å². The van der Waals surface area contributed by atoms with Gasteiger partial charge in [-0.25, -0.2) is 22.2 Å². The van der Waals surface area contributed by atoms with Gasteiger partial charge in [-0.2, -0.15) is 0 Å². The number of pyridine rings is 1. The highest BCUT2D eigenvalue weighted by Crippen LogP contribution is 2.37. The number of halogens is 2. The standard InChI is InChI=1S/C33H43F2N5O6S/c1-20(2)47(43,44)40(4)32-12-23(11-31(39-32)37-17-24-9-21(24)3)33(42)38-29(19-46-28-14-25(34)13-26(35)15-28)30(41)18-36-16-22-7-6-8-27(10-22)45-5/h6-8,10-15,20-21,24,29-30,36,41H,9,16-19H2,1-5H3,(H,37,39)(H,38,42)/t21-,24+,29-,30+/m0/s1. The first kappa shape index (κ1) is 35.8. The predicted octanol–water partition coefficient (Wildman–Crippen LogP) is 3.94. The lowest BCUT2D eigenvalue weighted by atomic mass is 10.1. The molecule has 1 amide bonds. The lowest BCUT2D eigenvalue weighted by Crippen LogP contribution is -2.50. The number of benzene rings is 2. The molecule has 11 nitrogen and oxygen atoms in total. The molecule has 0 saturated heterocycles. The van der Waals surface area contributed by atoms with Gasteiger partial charge in [-0.05, 0) is 61.9 Å². The molecule has 4 atom stereocenters. The summed E-state index contributed by atoms with van der Waals surface area (Å²) in [5.41, 5.74) is 0.986. The van der Waals surface area contributed by atoms with E-state index in [2.05, 4.69) is 27.9 Å². The van der Waals surface area contributed by atoms with Crippen molar-refractivity contribution >= 4 is 27.6 Å². The molecular weight excluding hydrogens is 632 g/mol. The van der Waals surface area contributed by atoms with Crippen LogP contribution >= 0.6 is 0 Å². The Morgan fingerprint density at radius 2 is 1.81 bits per heavy atom. The van der Waals surface area contributed by atoms with Crippen molar-refractivity contribution < 1.29 is 36.6 Å². The molecule has 4 N–H and O–H groups in total. The molecule has 2 aromatic carbocycles. The van der Waals surface area contributed by atoms with Crippen molar-refractivity contribution in [2.45, 2.75) is 51.1 Å². The molecule has 4 rings (SSSR count). The van der Waals surface area contributed by atoms with Gasteiger partial charge in [-0.15, -0.1) is 0 Å². The van der Waals surface area contributed by atoms with Gasteiger partial charge in [-0.1, -0.05) is 19.1 Å². The first-order chi connectivity index (χ1) is 22.3. The summed E-state index contributed by atoms with van der Waals surface area (Å²) in [6.45, 7) is 5.91. The highest BCUT2D eigenvalue weighted by atomic mass is 32.2. The Kier molecular flexibility index (Phi) is 12.0. The number of rotatable bonds is 17. The van der Waals surface area contributed by atoms with Gasteiger partial charge in [0.1, 0.15) is 41.4 Å². The van der Waals surface area contributed by atoms with Gasteiger partial charge in [0, 0.05) is 50.4 Å². The summed E-state index contributed by atoms with van der Waals surface area (Å²) < 4.78 is 65.5. The van der Waals surface area contributed by atoms with Crippen molar-refractivity contribution in [1.29, 1.82) is 0 Å². The number of aliphatic hydroxyl groups excluding tert-OH is 1. The maximum absolute atomic E-state index is 13.8. The first-order valence-electron chi connectivity index (χ1n) is 15.4. The summed E-state index contributed by atoms with van der Waals surface area (Å²) in [7, 11) is -0.827. The number of sulfonamides is 1. The molecule has 1 aliphatic carbocycles. The molecule has 1 aliphatic rings. The largest absolute Gasteiger partial charge is 0.497 e. The van der Waals surface area contributed by atoms with Crippen molar-refractivity contribution in [3.8, 4) is 11.5 Å². The number of hydrogen-bond donors (Lipinski definition) is 4. The number of amides is 1. The van der Waals surface area contributed by atoms with Crippen molar-refractivity contribution in [3.63, 3.8) is 0 Å². The lowest BCUT2D eigenvalue weighted by Gasteiger charge is -2.26. The van der Waals surface area contributed by atoms with Crippen LogP contribution in [-0.4, -0.2) is 75.7 Å². The Hall–Kier alpha value is -4.01. The topological polar surface area (TPSA) is 142 Å². The summed E-state index contributed by atoms with van der Waals surface area (Å²) in [6.07, 6.45) is -0.148. The number of carbonyl (C=O) groups is 1. The van der Waals surface area contributed by atoms with Crippen LogP contribution < -0.4 is 29.7 Å². The number of ether oxygens (including phenoxy) is 2. The monoisotopic (exact) mass is 675 g/mol. The summed E-state index contributed by atoms with van der Waals surface area (Å²) in [5.74, 6) is -0.397. The number of carbonyl (C=O) groups excluding carboxylic acids is 1. The third-order valence-corrected chi connectivity index (χ3v) is 10.2. The van der Waals surface area contributed by atoms with E-state index in [0.717, 1.165) is 28.4 Å². The fourth-order valence-electron chi connectivity index (χ4n) is 4.85. The minimum atomic E-state index is -3.76. The second-order valence-electron chi connectivity index (χ2n) is 12.1. The normalized spacial score (nSPS) is 17.1. The van der Waals surface area contributed by atoms with Crippen LogP contribution in [-0.2, 0) is 16.6 Å². The van der Waals surface area contributed by atoms with Crippen LogP contribution in [0.2, 0.25) is 0 Å². The van der Waals surface area contributed by atoms with Crippen LogP contribution in [0.1, 0.15) is 43.1 Å². The number of aliphatic hydroxyl groups is 1. The zero-order valence-electron chi connectivity index (χ0n) is 27.2. The average molecular weight is 676 g/mol. The minimum Gasteiger partial charge on any atom is -0.497 e. The van der Waals surface area contributed by atoms with E-state index < -0.39 is 45.0 Å². The third kappa shape index (κ3) is 9.99. The molecule has 1 fully saturated rings.